The van der Waals surface area contributed by atoms with Crippen molar-refractivity contribution in [3.05, 3.63) is 12.2 Å². The van der Waals surface area contributed by atoms with Crippen LogP contribution in [0.15, 0.2) is 12.2 Å². The van der Waals surface area contributed by atoms with Gasteiger partial charge in [-0.15, -0.1) is 0 Å². The fraction of sp³-hybridized carbons (Fsp3) is 0.929. The lowest BCUT2D eigenvalue weighted by Crippen LogP contribution is -2.38. The molecule has 0 saturated carbocycles. The largest absolute Gasteiger partial charge is 0.464 e. The first-order valence-corrected chi connectivity index (χ1v) is 21.1. The predicted octanol–water partition coefficient (Wildman–Crippen LogP) is 11.0. The molecule has 0 aliphatic carbocycles. The maximum absolute atomic E-state index is 12.1. The fourth-order valence-electron chi connectivity index (χ4n) is 6.42. The van der Waals surface area contributed by atoms with Crippen molar-refractivity contribution < 1.29 is 24.9 Å². The first-order chi connectivity index (χ1) is 23.5. The van der Waals surface area contributed by atoms with Gasteiger partial charge in [0.25, 0.3) is 0 Å². The summed E-state index contributed by atoms with van der Waals surface area (Å²) in [6.07, 6.45) is 42.4. The van der Waals surface area contributed by atoms with Gasteiger partial charge in [0.15, 0.2) is 0 Å². The Morgan fingerprint density at radius 3 is 1.29 bits per heavy atom. The van der Waals surface area contributed by atoms with Crippen LogP contribution in [-0.2, 0) is 9.53 Å². The van der Waals surface area contributed by atoms with Gasteiger partial charge in [-0.2, -0.15) is 0 Å². The van der Waals surface area contributed by atoms with Crippen LogP contribution in [0.25, 0.3) is 0 Å². The van der Waals surface area contributed by atoms with E-state index in [-0.39, 0.29) is 12.6 Å². The standard InChI is InChI=1S/C42H83NO5/c1-2-3-4-5-6-7-21-24-27-30-33-39(45)35-36-41(46)40(43)38-48-42(47)34-31-28-25-22-19-17-15-13-11-9-8-10-12-14-16-18-20-23-26-29-32-37-44/h35-36,39-41,44-46H,2-34,37-38,43H2,1H3/b36-35+. The van der Waals surface area contributed by atoms with Gasteiger partial charge in [0.1, 0.15) is 6.61 Å². The van der Waals surface area contributed by atoms with Gasteiger partial charge >= 0.3 is 5.97 Å². The third-order valence-corrected chi connectivity index (χ3v) is 9.80. The third-order valence-electron chi connectivity index (χ3n) is 9.80. The van der Waals surface area contributed by atoms with Crippen molar-refractivity contribution in [1.29, 1.82) is 0 Å². The van der Waals surface area contributed by atoms with E-state index in [4.69, 9.17) is 15.6 Å². The smallest absolute Gasteiger partial charge is 0.305 e. The average Bonchev–Trinajstić information content (AvgIpc) is 3.09. The van der Waals surface area contributed by atoms with E-state index in [0.29, 0.717) is 19.4 Å². The lowest BCUT2D eigenvalue weighted by atomic mass is 10.0. The molecule has 0 fully saturated rings. The van der Waals surface area contributed by atoms with Crippen LogP contribution in [0, 0.1) is 0 Å². The number of esters is 1. The Hall–Kier alpha value is -0.950. The van der Waals surface area contributed by atoms with Crippen molar-refractivity contribution >= 4 is 5.97 Å². The van der Waals surface area contributed by atoms with Crippen molar-refractivity contribution in [3.8, 4) is 0 Å². The van der Waals surface area contributed by atoms with E-state index in [2.05, 4.69) is 6.92 Å². The molecule has 0 saturated heterocycles. The lowest BCUT2D eigenvalue weighted by Gasteiger charge is -2.16. The summed E-state index contributed by atoms with van der Waals surface area (Å²) in [5, 5.41) is 29.3. The van der Waals surface area contributed by atoms with Crippen LogP contribution in [0.2, 0.25) is 0 Å². The van der Waals surface area contributed by atoms with Gasteiger partial charge in [-0.3, -0.25) is 4.79 Å². The van der Waals surface area contributed by atoms with Crippen molar-refractivity contribution in [1.82, 2.24) is 0 Å². The molecule has 0 aliphatic heterocycles. The molecule has 0 aromatic rings. The van der Waals surface area contributed by atoms with E-state index in [1.165, 1.54) is 173 Å². The molecule has 0 amide bonds. The Labute approximate surface area is 298 Å². The minimum atomic E-state index is -0.940. The molecule has 3 unspecified atom stereocenters. The molecular weight excluding hydrogens is 598 g/mol. The molecule has 286 valence electrons. The van der Waals surface area contributed by atoms with Gasteiger partial charge in [-0.1, -0.05) is 205 Å². The number of nitrogens with two attached hydrogens (primary N) is 1. The summed E-state index contributed by atoms with van der Waals surface area (Å²) in [5.74, 6) is -0.246. The van der Waals surface area contributed by atoms with Gasteiger partial charge in [0, 0.05) is 13.0 Å². The molecule has 0 radical (unpaired) electrons. The summed E-state index contributed by atoms with van der Waals surface area (Å²) < 4.78 is 5.29. The van der Waals surface area contributed by atoms with Crippen LogP contribution < -0.4 is 5.73 Å². The highest BCUT2D eigenvalue weighted by Crippen LogP contribution is 2.16. The molecule has 6 nitrogen and oxygen atoms in total. The second-order valence-electron chi connectivity index (χ2n) is 14.7. The van der Waals surface area contributed by atoms with Gasteiger partial charge in [-0.25, -0.2) is 0 Å². The minimum absolute atomic E-state index is 0.00728. The van der Waals surface area contributed by atoms with Crippen molar-refractivity contribution in [2.75, 3.05) is 13.2 Å². The first-order valence-electron chi connectivity index (χ1n) is 21.1. The van der Waals surface area contributed by atoms with E-state index in [9.17, 15) is 15.0 Å². The molecule has 6 heteroatoms. The zero-order valence-electron chi connectivity index (χ0n) is 31.9. The number of carbonyl (C=O) groups is 1. The summed E-state index contributed by atoms with van der Waals surface area (Å²) in [6, 6.07) is -0.686. The van der Waals surface area contributed by atoms with Crippen LogP contribution in [0.4, 0.5) is 0 Å². The number of ether oxygens (including phenoxy) is 1. The molecule has 0 aromatic carbocycles. The van der Waals surface area contributed by atoms with E-state index in [0.717, 1.165) is 32.1 Å². The first kappa shape index (κ1) is 47.0. The SMILES string of the molecule is CCCCCCCCCCCCC(O)/C=C/C(O)C(N)COC(=O)CCCCCCCCCCCCCCCCCCCCCCCO. The molecular formula is C42H83NO5. The highest BCUT2D eigenvalue weighted by molar-refractivity contribution is 5.69. The number of hydrogen-bond acceptors (Lipinski definition) is 6. The predicted molar refractivity (Wildman–Crippen MR) is 205 cm³/mol. The molecule has 0 bridgehead atoms. The lowest BCUT2D eigenvalue weighted by molar-refractivity contribution is -0.144. The fourth-order valence-corrected chi connectivity index (χ4v) is 6.42. The van der Waals surface area contributed by atoms with Crippen LogP contribution in [-0.4, -0.2) is 52.8 Å². The molecule has 0 rings (SSSR count). The second kappa shape index (κ2) is 38.8. The van der Waals surface area contributed by atoms with Crippen LogP contribution in [0.5, 0.6) is 0 Å². The summed E-state index contributed by atoms with van der Waals surface area (Å²) >= 11 is 0. The third kappa shape index (κ3) is 36.3. The normalized spacial score (nSPS) is 13.7. The number of unbranched alkanes of at least 4 members (excludes halogenated alkanes) is 29. The molecule has 3 atom stereocenters. The zero-order valence-corrected chi connectivity index (χ0v) is 31.9. The monoisotopic (exact) mass is 682 g/mol. The van der Waals surface area contributed by atoms with E-state index >= 15 is 0 Å². The van der Waals surface area contributed by atoms with Crippen molar-refractivity contribution in [2.45, 2.75) is 237 Å². The Morgan fingerprint density at radius 1 is 0.542 bits per heavy atom. The van der Waals surface area contributed by atoms with Gasteiger partial charge in [0.05, 0.1) is 18.2 Å². The van der Waals surface area contributed by atoms with Gasteiger partial charge in [0.2, 0.25) is 0 Å². The quantitative estimate of drug-likeness (QED) is 0.0292. The molecule has 0 spiro atoms. The average molecular weight is 682 g/mol. The Bertz CT molecular complexity index is 672. The van der Waals surface area contributed by atoms with Crippen LogP contribution >= 0.6 is 0 Å². The van der Waals surface area contributed by atoms with Crippen LogP contribution in [0.1, 0.15) is 219 Å². The summed E-state index contributed by atoms with van der Waals surface area (Å²) in [6.45, 7) is 2.59. The van der Waals surface area contributed by atoms with E-state index in [1.807, 2.05) is 0 Å². The Morgan fingerprint density at radius 2 is 0.896 bits per heavy atom. The van der Waals surface area contributed by atoms with Crippen LogP contribution in [0.3, 0.4) is 0 Å². The van der Waals surface area contributed by atoms with Gasteiger partial charge in [-0.05, 0) is 19.3 Å². The zero-order chi connectivity index (χ0) is 35.2. The number of aliphatic hydroxyl groups excluding tert-OH is 3. The molecule has 0 aromatic heterocycles. The summed E-state index contributed by atoms with van der Waals surface area (Å²) in [7, 11) is 0. The number of rotatable bonds is 39. The molecule has 0 aliphatic rings. The maximum Gasteiger partial charge on any atom is 0.305 e. The molecule has 5 N–H and O–H groups in total. The van der Waals surface area contributed by atoms with Crippen molar-refractivity contribution in [3.63, 3.8) is 0 Å². The number of hydrogen-bond donors (Lipinski definition) is 4. The highest BCUT2D eigenvalue weighted by atomic mass is 16.5. The molecule has 48 heavy (non-hydrogen) atoms. The summed E-state index contributed by atoms with van der Waals surface area (Å²) in [5.41, 5.74) is 6.01. The Balaban J connectivity index is 3.48. The van der Waals surface area contributed by atoms with E-state index in [1.54, 1.807) is 6.08 Å². The van der Waals surface area contributed by atoms with Crippen molar-refractivity contribution in [2.24, 2.45) is 5.73 Å². The number of aliphatic hydroxyl groups is 3. The second-order valence-corrected chi connectivity index (χ2v) is 14.7. The highest BCUT2D eigenvalue weighted by Gasteiger charge is 2.15. The van der Waals surface area contributed by atoms with E-state index < -0.39 is 18.2 Å². The summed E-state index contributed by atoms with van der Waals surface area (Å²) in [4.78, 5) is 12.1. The topological polar surface area (TPSA) is 113 Å². The molecule has 0 heterocycles. The Kier molecular flexibility index (Phi) is 38.1. The van der Waals surface area contributed by atoms with Gasteiger partial charge < -0.3 is 25.8 Å². The number of carbonyl (C=O) groups excluding carboxylic acids is 1. The minimum Gasteiger partial charge on any atom is -0.464 e. The maximum atomic E-state index is 12.1.